The maximum Gasteiger partial charge on any atom is 0.416 e. The molecule has 0 radical (unpaired) electrons. The number of hydrogen-bond donors (Lipinski definition) is 1. The highest BCUT2D eigenvalue weighted by Gasteiger charge is 2.30. The summed E-state index contributed by atoms with van der Waals surface area (Å²) in [6.07, 6.45) is -4.39. The average Bonchev–Trinajstić information content (AvgIpc) is 1.82. The van der Waals surface area contributed by atoms with Gasteiger partial charge in [0.15, 0.2) is 0 Å². The van der Waals surface area contributed by atoms with Crippen LogP contribution in [0.5, 0.6) is 5.75 Å². The van der Waals surface area contributed by atoms with Crippen molar-refractivity contribution in [3.63, 3.8) is 0 Å². The first-order valence-corrected chi connectivity index (χ1v) is 3.27. The van der Waals surface area contributed by atoms with E-state index < -0.39 is 11.7 Å². The topological polar surface area (TPSA) is 20.2 Å². The summed E-state index contributed by atoms with van der Waals surface area (Å²) in [5, 5.41) is 8.86. The zero-order chi connectivity index (χ0) is 9.35. The third kappa shape index (κ3) is 1.93. The fourth-order valence-electron chi connectivity index (χ4n) is 0.927. The molecule has 1 N–H and O–H groups in total. The van der Waals surface area contributed by atoms with Crippen molar-refractivity contribution < 1.29 is 18.3 Å². The molecule has 0 saturated carbocycles. The highest BCUT2D eigenvalue weighted by Crippen LogP contribution is 2.30. The Labute approximate surface area is 68.2 Å². The minimum absolute atomic E-state index is 0.359. The highest BCUT2D eigenvalue weighted by atomic mass is 19.4. The molecule has 1 aromatic rings. The van der Waals surface area contributed by atoms with Crippen LogP contribution in [0, 0.1) is 0 Å². The van der Waals surface area contributed by atoms with Crippen molar-refractivity contribution in [3.05, 3.63) is 23.8 Å². The van der Waals surface area contributed by atoms with Crippen LogP contribution in [-0.4, -0.2) is 13.0 Å². The van der Waals surface area contributed by atoms with E-state index >= 15 is 0 Å². The highest BCUT2D eigenvalue weighted by molar-refractivity contribution is 6.32. The predicted octanol–water partition coefficient (Wildman–Crippen LogP) is 0.669. The molecule has 0 spiro atoms. The van der Waals surface area contributed by atoms with E-state index in [9.17, 15) is 13.2 Å². The quantitative estimate of drug-likeness (QED) is 0.573. The van der Waals surface area contributed by atoms with Crippen LogP contribution in [0.4, 0.5) is 13.2 Å². The molecule has 5 heteroatoms. The van der Waals surface area contributed by atoms with Crippen LogP contribution in [0.15, 0.2) is 18.2 Å². The van der Waals surface area contributed by atoms with E-state index in [2.05, 4.69) is 0 Å². The molecular formula is C7H6BF3O. The number of alkyl halides is 3. The van der Waals surface area contributed by atoms with E-state index in [4.69, 9.17) is 5.11 Å². The molecule has 1 rings (SSSR count). The van der Waals surface area contributed by atoms with Gasteiger partial charge in [0.1, 0.15) is 13.6 Å². The SMILES string of the molecule is Bc1cc(O)cc(C(F)(F)F)c1. The normalized spacial score (nSPS) is 11.6. The van der Waals surface area contributed by atoms with Gasteiger partial charge in [0.2, 0.25) is 0 Å². The summed E-state index contributed by atoms with van der Waals surface area (Å²) in [5.41, 5.74) is -0.428. The standard InChI is InChI=1S/C7H6BF3O/c8-5-1-4(7(9,10)11)2-6(12)3-5/h1-3,12H,8H2. The predicted molar refractivity (Wildman–Crippen MR) is 41.3 cm³/mol. The number of rotatable bonds is 0. The molecule has 0 aliphatic rings. The molecule has 0 aliphatic carbocycles. The summed E-state index contributed by atoms with van der Waals surface area (Å²) < 4.78 is 36.1. The number of hydrogen-bond acceptors (Lipinski definition) is 1. The van der Waals surface area contributed by atoms with Crippen molar-refractivity contribution in [2.24, 2.45) is 0 Å². The number of aromatic hydroxyl groups is 1. The Morgan fingerprint density at radius 3 is 2.17 bits per heavy atom. The molecule has 12 heavy (non-hydrogen) atoms. The van der Waals surface area contributed by atoms with Crippen molar-refractivity contribution in [1.82, 2.24) is 0 Å². The summed E-state index contributed by atoms with van der Waals surface area (Å²) in [6, 6.07) is 2.96. The Bertz CT molecular complexity index is 275. The van der Waals surface area contributed by atoms with Gasteiger partial charge in [-0.25, -0.2) is 0 Å². The Hall–Kier alpha value is -1.13. The van der Waals surface area contributed by atoms with Gasteiger partial charge in [-0.05, 0) is 12.1 Å². The summed E-state index contributed by atoms with van der Waals surface area (Å²) in [6.45, 7) is 0. The van der Waals surface area contributed by atoms with E-state index in [0.29, 0.717) is 11.5 Å². The second kappa shape index (κ2) is 2.73. The summed E-state index contributed by atoms with van der Waals surface area (Å²) in [7, 11) is 1.50. The first-order chi connectivity index (χ1) is 5.39. The third-order valence-electron chi connectivity index (χ3n) is 1.39. The lowest BCUT2D eigenvalue weighted by Crippen LogP contribution is -2.10. The van der Waals surface area contributed by atoms with E-state index in [1.54, 1.807) is 0 Å². The van der Waals surface area contributed by atoms with Crippen LogP contribution in [0.1, 0.15) is 5.56 Å². The van der Waals surface area contributed by atoms with Crippen molar-refractivity contribution in [2.45, 2.75) is 6.18 Å². The molecule has 64 valence electrons. The number of halogens is 3. The number of phenols is 1. The number of benzene rings is 1. The second-order valence-electron chi connectivity index (χ2n) is 2.55. The summed E-state index contributed by atoms with van der Waals surface area (Å²) in [5.74, 6) is -0.359. The fourth-order valence-corrected chi connectivity index (χ4v) is 0.927. The molecule has 0 bridgehead atoms. The van der Waals surface area contributed by atoms with Gasteiger partial charge in [-0.2, -0.15) is 13.2 Å². The monoisotopic (exact) mass is 174 g/mol. The van der Waals surface area contributed by atoms with Gasteiger partial charge in [0, 0.05) is 0 Å². The molecule has 0 aromatic heterocycles. The molecule has 0 heterocycles. The zero-order valence-electron chi connectivity index (χ0n) is 6.31. The van der Waals surface area contributed by atoms with Crippen LogP contribution < -0.4 is 5.46 Å². The van der Waals surface area contributed by atoms with Gasteiger partial charge in [-0.1, -0.05) is 11.5 Å². The van der Waals surface area contributed by atoms with Gasteiger partial charge in [-0.15, -0.1) is 0 Å². The third-order valence-corrected chi connectivity index (χ3v) is 1.39. The fraction of sp³-hybridized carbons (Fsp3) is 0.143. The van der Waals surface area contributed by atoms with Gasteiger partial charge in [0.05, 0.1) is 5.56 Å². The molecule has 0 fully saturated rings. The second-order valence-corrected chi connectivity index (χ2v) is 2.55. The molecule has 0 atom stereocenters. The van der Waals surface area contributed by atoms with Gasteiger partial charge in [0.25, 0.3) is 0 Å². The number of phenolic OH excluding ortho intramolecular Hbond substituents is 1. The Balaban J connectivity index is 3.18. The molecule has 1 nitrogen and oxygen atoms in total. The Kier molecular flexibility index (Phi) is 2.04. The van der Waals surface area contributed by atoms with E-state index in [0.717, 1.165) is 6.07 Å². The van der Waals surface area contributed by atoms with Crippen molar-refractivity contribution in [3.8, 4) is 5.75 Å². The maximum absolute atomic E-state index is 12.0. The lowest BCUT2D eigenvalue weighted by Gasteiger charge is -2.07. The minimum Gasteiger partial charge on any atom is -0.508 e. The van der Waals surface area contributed by atoms with Crippen LogP contribution >= 0.6 is 0 Å². The Morgan fingerprint density at radius 1 is 1.17 bits per heavy atom. The van der Waals surface area contributed by atoms with E-state index in [-0.39, 0.29) is 5.75 Å². The molecule has 0 unspecified atom stereocenters. The van der Waals surface area contributed by atoms with Crippen molar-refractivity contribution in [1.29, 1.82) is 0 Å². The van der Waals surface area contributed by atoms with Crippen LogP contribution in [-0.2, 0) is 6.18 Å². The van der Waals surface area contributed by atoms with E-state index in [1.165, 1.54) is 13.9 Å². The lowest BCUT2D eigenvalue weighted by molar-refractivity contribution is -0.137. The van der Waals surface area contributed by atoms with Crippen molar-refractivity contribution in [2.75, 3.05) is 0 Å². The first-order valence-electron chi connectivity index (χ1n) is 3.27. The average molecular weight is 174 g/mol. The van der Waals surface area contributed by atoms with Gasteiger partial charge >= 0.3 is 6.18 Å². The Morgan fingerprint density at radius 2 is 1.75 bits per heavy atom. The largest absolute Gasteiger partial charge is 0.508 e. The minimum atomic E-state index is -4.39. The molecule has 0 amide bonds. The maximum atomic E-state index is 12.0. The summed E-state index contributed by atoms with van der Waals surface area (Å²) in [4.78, 5) is 0. The van der Waals surface area contributed by atoms with Crippen LogP contribution in [0.3, 0.4) is 0 Å². The molecule has 1 aromatic carbocycles. The van der Waals surface area contributed by atoms with Crippen LogP contribution in [0.2, 0.25) is 0 Å². The lowest BCUT2D eigenvalue weighted by atomic mass is 9.94. The molecule has 0 aliphatic heterocycles. The van der Waals surface area contributed by atoms with E-state index in [1.807, 2.05) is 0 Å². The van der Waals surface area contributed by atoms with Gasteiger partial charge < -0.3 is 5.11 Å². The van der Waals surface area contributed by atoms with Crippen LogP contribution in [0.25, 0.3) is 0 Å². The summed E-state index contributed by atoms with van der Waals surface area (Å²) >= 11 is 0. The molecular weight excluding hydrogens is 168 g/mol. The smallest absolute Gasteiger partial charge is 0.416 e. The van der Waals surface area contributed by atoms with Gasteiger partial charge in [-0.3, -0.25) is 0 Å². The first kappa shape index (κ1) is 8.97. The molecule has 0 saturated heterocycles. The zero-order valence-corrected chi connectivity index (χ0v) is 6.31. The van der Waals surface area contributed by atoms with Crippen molar-refractivity contribution >= 4 is 13.3 Å².